The van der Waals surface area contributed by atoms with Gasteiger partial charge in [0, 0.05) is 29.9 Å². The Hall–Kier alpha value is -1.95. The van der Waals surface area contributed by atoms with Gasteiger partial charge in [0.25, 0.3) is 0 Å². The van der Waals surface area contributed by atoms with Gasteiger partial charge in [-0.1, -0.05) is 23.7 Å². The predicted octanol–water partition coefficient (Wildman–Crippen LogP) is 3.68. The van der Waals surface area contributed by atoms with Crippen molar-refractivity contribution in [1.29, 1.82) is 0 Å². The Morgan fingerprint density at radius 1 is 1.20 bits per heavy atom. The monoisotopic (exact) mass is 362 g/mol. The molecule has 0 spiro atoms. The molecule has 0 aliphatic carbocycles. The summed E-state index contributed by atoms with van der Waals surface area (Å²) in [6.07, 6.45) is 1.62. The highest BCUT2D eigenvalue weighted by molar-refractivity contribution is 6.30. The average Bonchev–Trinajstić information content (AvgIpc) is 2.63. The molecular weight excluding hydrogens is 343 g/mol. The molecule has 1 fully saturated rings. The Kier molecular flexibility index (Phi) is 6.02. The zero-order chi connectivity index (χ0) is 17.6. The lowest BCUT2D eigenvalue weighted by molar-refractivity contribution is 0.0180. The van der Waals surface area contributed by atoms with Gasteiger partial charge in [0.15, 0.2) is 0 Å². The number of nitrogens with zero attached hydrogens (tertiary/aromatic N) is 2. The Labute approximate surface area is 151 Å². The van der Waals surface area contributed by atoms with E-state index in [1.54, 1.807) is 36.5 Å². The van der Waals surface area contributed by atoms with Gasteiger partial charge < -0.3 is 9.84 Å². The van der Waals surface area contributed by atoms with Crippen LogP contribution >= 0.6 is 11.6 Å². The maximum absolute atomic E-state index is 13.2. The van der Waals surface area contributed by atoms with Crippen LogP contribution in [0.4, 0.5) is 4.39 Å². The number of aromatic hydroxyl groups is 1. The van der Waals surface area contributed by atoms with Crippen molar-refractivity contribution in [1.82, 2.24) is 4.90 Å². The minimum absolute atomic E-state index is 0.0297. The standard InChI is InChI=1S/C19H20ClFN2O2/c20-16-3-6-19(24)15(11-16)12-22-13-18(23-7-9-25-10-8-23)14-1-4-17(21)5-2-14/h1-6,11-12,18,24H,7-10,13H2/t18-/m0/s1. The Morgan fingerprint density at radius 2 is 1.92 bits per heavy atom. The molecule has 4 nitrogen and oxygen atoms in total. The lowest BCUT2D eigenvalue weighted by Gasteiger charge is -2.34. The van der Waals surface area contributed by atoms with E-state index in [1.165, 1.54) is 12.1 Å². The number of hydrogen-bond acceptors (Lipinski definition) is 4. The highest BCUT2D eigenvalue weighted by Crippen LogP contribution is 2.24. The van der Waals surface area contributed by atoms with Crippen LogP contribution in [0.25, 0.3) is 0 Å². The molecule has 1 saturated heterocycles. The summed E-state index contributed by atoms with van der Waals surface area (Å²) >= 11 is 5.96. The van der Waals surface area contributed by atoms with Crippen LogP contribution in [0.2, 0.25) is 5.02 Å². The smallest absolute Gasteiger partial charge is 0.124 e. The second-order valence-corrected chi connectivity index (χ2v) is 6.35. The molecule has 0 amide bonds. The molecule has 0 aromatic heterocycles. The summed E-state index contributed by atoms with van der Waals surface area (Å²) in [7, 11) is 0. The average molecular weight is 363 g/mol. The molecule has 2 aromatic rings. The second-order valence-electron chi connectivity index (χ2n) is 5.91. The number of halogens is 2. The zero-order valence-electron chi connectivity index (χ0n) is 13.7. The van der Waals surface area contributed by atoms with Gasteiger partial charge in [0.2, 0.25) is 0 Å². The molecule has 132 valence electrons. The fourth-order valence-corrected chi connectivity index (χ4v) is 3.07. The number of rotatable bonds is 5. The molecule has 0 radical (unpaired) electrons. The molecule has 6 heteroatoms. The van der Waals surface area contributed by atoms with Crippen LogP contribution in [-0.4, -0.2) is 49.1 Å². The summed E-state index contributed by atoms with van der Waals surface area (Å²) in [5, 5.41) is 10.4. The maximum atomic E-state index is 13.2. The van der Waals surface area contributed by atoms with Crippen LogP contribution in [0.15, 0.2) is 47.5 Å². The van der Waals surface area contributed by atoms with E-state index in [1.807, 2.05) is 0 Å². The topological polar surface area (TPSA) is 45.1 Å². The Morgan fingerprint density at radius 3 is 2.64 bits per heavy atom. The summed E-state index contributed by atoms with van der Waals surface area (Å²) in [5.74, 6) is -0.116. The number of morpholine rings is 1. The number of hydrogen-bond donors (Lipinski definition) is 1. The number of ether oxygens (including phenoxy) is 1. The highest BCUT2D eigenvalue weighted by Gasteiger charge is 2.22. The second kappa shape index (κ2) is 8.43. The summed E-state index contributed by atoms with van der Waals surface area (Å²) in [4.78, 5) is 6.78. The first-order chi connectivity index (χ1) is 12.1. The van der Waals surface area contributed by atoms with Crippen molar-refractivity contribution in [3.05, 3.63) is 64.4 Å². The molecule has 1 atom stereocenters. The molecule has 2 aromatic carbocycles. The van der Waals surface area contributed by atoms with E-state index in [0.29, 0.717) is 30.3 Å². The van der Waals surface area contributed by atoms with Crippen molar-refractivity contribution in [3.8, 4) is 5.75 Å². The van der Waals surface area contributed by atoms with Crippen molar-refractivity contribution < 1.29 is 14.2 Å². The molecule has 1 N–H and O–H groups in total. The fourth-order valence-electron chi connectivity index (χ4n) is 2.89. The van der Waals surface area contributed by atoms with Crippen molar-refractivity contribution in [2.75, 3.05) is 32.8 Å². The number of phenolic OH excluding ortho intramolecular Hbond substituents is 1. The Balaban J connectivity index is 1.78. The normalized spacial score (nSPS) is 17.0. The Bertz CT molecular complexity index is 731. The van der Waals surface area contributed by atoms with Crippen LogP contribution in [0, 0.1) is 5.82 Å². The minimum atomic E-state index is -0.253. The van der Waals surface area contributed by atoms with E-state index in [9.17, 15) is 9.50 Å². The van der Waals surface area contributed by atoms with Gasteiger partial charge >= 0.3 is 0 Å². The molecule has 0 bridgehead atoms. The number of phenols is 1. The largest absolute Gasteiger partial charge is 0.507 e. The summed E-state index contributed by atoms with van der Waals surface area (Å²) in [6.45, 7) is 3.46. The first kappa shape index (κ1) is 17.9. The van der Waals surface area contributed by atoms with Gasteiger partial charge in [0.05, 0.1) is 25.8 Å². The molecule has 3 rings (SSSR count). The summed E-state index contributed by atoms with van der Waals surface area (Å²) in [5.41, 5.74) is 1.59. The SMILES string of the molecule is Oc1ccc(Cl)cc1C=NC[C@@H](c1ccc(F)cc1)N1CCOCC1. The van der Waals surface area contributed by atoms with Crippen LogP contribution in [-0.2, 0) is 4.74 Å². The van der Waals surface area contributed by atoms with E-state index in [4.69, 9.17) is 16.3 Å². The molecule has 1 aliphatic heterocycles. The third-order valence-corrected chi connectivity index (χ3v) is 4.47. The van der Waals surface area contributed by atoms with E-state index in [0.717, 1.165) is 18.7 Å². The summed E-state index contributed by atoms with van der Waals surface area (Å²) < 4.78 is 18.7. The van der Waals surface area contributed by atoms with Crippen molar-refractivity contribution in [3.63, 3.8) is 0 Å². The van der Waals surface area contributed by atoms with E-state index < -0.39 is 0 Å². The third kappa shape index (κ3) is 4.78. The lowest BCUT2D eigenvalue weighted by atomic mass is 10.0. The van der Waals surface area contributed by atoms with Crippen molar-refractivity contribution in [2.24, 2.45) is 4.99 Å². The van der Waals surface area contributed by atoms with Crippen molar-refractivity contribution in [2.45, 2.75) is 6.04 Å². The highest BCUT2D eigenvalue weighted by atomic mass is 35.5. The molecule has 0 unspecified atom stereocenters. The van der Waals surface area contributed by atoms with Crippen molar-refractivity contribution >= 4 is 17.8 Å². The predicted molar refractivity (Wildman–Crippen MR) is 97.1 cm³/mol. The molecule has 25 heavy (non-hydrogen) atoms. The third-order valence-electron chi connectivity index (χ3n) is 4.24. The minimum Gasteiger partial charge on any atom is -0.507 e. The molecule has 1 heterocycles. The molecule has 0 saturated carbocycles. The van der Waals surface area contributed by atoms with Gasteiger partial charge in [-0.3, -0.25) is 9.89 Å². The van der Waals surface area contributed by atoms with Crippen LogP contribution in [0.3, 0.4) is 0 Å². The lowest BCUT2D eigenvalue weighted by Crippen LogP contribution is -2.40. The van der Waals surface area contributed by atoms with E-state index in [-0.39, 0.29) is 17.6 Å². The zero-order valence-corrected chi connectivity index (χ0v) is 14.5. The number of benzene rings is 2. The fraction of sp³-hybridized carbons (Fsp3) is 0.316. The van der Waals surface area contributed by atoms with Gasteiger partial charge in [-0.05, 0) is 35.9 Å². The van der Waals surface area contributed by atoms with Gasteiger partial charge in [-0.2, -0.15) is 0 Å². The molecular formula is C19H20ClFN2O2. The van der Waals surface area contributed by atoms with E-state index in [2.05, 4.69) is 9.89 Å². The molecule has 1 aliphatic rings. The maximum Gasteiger partial charge on any atom is 0.124 e. The summed E-state index contributed by atoms with van der Waals surface area (Å²) in [6, 6.07) is 11.4. The number of aliphatic imine (C=N–C) groups is 1. The van der Waals surface area contributed by atoms with Crippen LogP contribution in [0.5, 0.6) is 5.75 Å². The quantitative estimate of drug-likeness (QED) is 0.825. The van der Waals surface area contributed by atoms with Crippen LogP contribution in [0.1, 0.15) is 17.2 Å². The first-order valence-corrected chi connectivity index (χ1v) is 8.57. The van der Waals surface area contributed by atoms with Gasteiger partial charge in [0.1, 0.15) is 11.6 Å². The first-order valence-electron chi connectivity index (χ1n) is 8.19. The van der Waals surface area contributed by atoms with Crippen LogP contribution < -0.4 is 0 Å². The van der Waals surface area contributed by atoms with E-state index >= 15 is 0 Å². The van der Waals surface area contributed by atoms with Gasteiger partial charge in [-0.25, -0.2) is 4.39 Å². The van der Waals surface area contributed by atoms with Gasteiger partial charge in [-0.15, -0.1) is 0 Å².